The molecular weight excluding hydrogens is 224 g/mol. The molecule has 0 N–H and O–H groups in total. The van der Waals surface area contributed by atoms with Gasteiger partial charge in [0.15, 0.2) is 10.8 Å². The highest BCUT2D eigenvalue weighted by atomic mass is 16.7. The maximum atomic E-state index is 10.4. The summed E-state index contributed by atoms with van der Waals surface area (Å²) < 4.78 is 6.66. The van der Waals surface area contributed by atoms with Gasteiger partial charge in [0.25, 0.3) is 0 Å². The third-order valence-corrected chi connectivity index (χ3v) is 2.10. The lowest BCUT2D eigenvalue weighted by molar-refractivity contribution is -0.490. The summed E-state index contributed by atoms with van der Waals surface area (Å²) in [4.78, 5) is 10.4. The van der Waals surface area contributed by atoms with Crippen molar-refractivity contribution in [1.29, 1.82) is 0 Å². The van der Waals surface area contributed by atoms with Crippen LogP contribution in [0.5, 0.6) is 0 Å². The van der Waals surface area contributed by atoms with Crippen LogP contribution in [-0.2, 0) is 6.54 Å². The molecule has 0 radical (unpaired) electrons. The second-order valence-corrected chi connectivity index (χ2v) is 3.46. The molecule has 0 atom stereocenters. The van der Waals surface area contributed by atoms with Gasteiger partial charge in [-0.2, -0.15) is 0 Å². The Balaban J connectivity index is 2.36. The summed E-state index contributed by atoms with van der Waals surface area (Å²) in [5, 5.41) is 16.7. The number of nitro groups is 1. The summed E-state index contributed by atoms with van der Waals surface area (Å²) in [6, 6.07) is 6.79. The summed E-state index contributed by atoms with van der Waals surface area (Å²) >= 11 is 0. The Morgan fingerprint density at radius 2 is 2.41 bits per heavy atom. The molecule has 0 aliphatic rings. The van der Waals surface area contributed by atoms with Crippen LogP contribution in [0.25, 0.3) is 0 Å². The fraction of sp³-hybridized carbons (Fsp3) is 0.200. The zero-order chi connectivity index (χ0) is 12.3. The Kier molecular flexibility index (Phi) is 2.99. The Labute approximate surface area is 96.1 Å². The van der Waals surface area contributed by atoms with Crippen LogP contribution >= 0.6 is 0 Å². The van der Waals surface area contributed by atoms with Crippen molar-refractivity contribution in [2.75, 3.05) is 0 Å². The average Bonchev–Trinajstić information content (AvgIpc) is 2.66. The van der Waals surface area contributed by atoms with Crippen molar-refractivity contribution in [2.45, 2.75) is 13.5 Å². The van der Waals surface area contributed by atoms with E-state index in [2.05, 4.69) is 10.3 Å². The van der Waals surface area contributed by atoms with Gasteiger partial charge < -0.3 is 9.09 Å². The van der Waals surface area contributed by atoms with Gasteiger partial charge in [0.1, 0.15) is 0 Å². The molecule has 2 rings (SSSR count). The Bertz CT molecular complexity index is 599. The van der Waals surface area contributed by atoms with Crippen LogP contribution in [0, 0.1) is 17.0 Å². The second-order valence-electron chi connectivity index (χ2n) is 3.46. The molecule has 7 nitrogen and oxygen atoms in total. The van der Waals surface area contributed by atoms with Gasteiger partial charge in [-0.25, -0.2) is 10.1 Å². The minimum absolute atomic E-state index is 0.256. The third-order valence-electron chi connectivity index (χ3n) is 2.10. The Morgan fingerprint density at radius 3 is 3.06 bits per heavy atom. The van der Waals surface area contributed by atoms with Gasteiger partial charge in [0.2, 0.25) is 5.49 Å². The number of rotatable bonds is 3. The normalized spacial score (nSPS) is 11.7. The third kappa shape index (κ3) is 2.77. The molecule has 0 aliphatic carbocycles. The molecule has 0 saturated heterocycles. The maximum absolute atomic E-state index is 10.4. The first-order valence-electron chi connectivity index (χ1n) is 4.92. The summed E-state index contributed by atoms with van der Waals surface area (Å²) in [5.41, 5.74) is 1.02. The van der Waals surface area contributed by atoms with Crippen molar-refractivity contribution in [3.8, 4) is 0 Å². The van der Waals surface area contributed by atoms with E-state index < -0.39 is 5.03 Å². The SMILES string of the molecule is Cc1cc(Cn2ccccc2=N[N+](=O)[O-])on1. The maximum Gasteiger partial charge on any atom is 0.207 e. The van der Waals surface area contributed by atoms with Crippen molar-refractivity contribution in [3.05, 3.63) is 57.5 Å². The quantitative estimate of drug-likeness (QED) is 0.583. The van der Waals surface area contributed by atoms with Gasteiger partial charge in [0.05, 0.1) is 17.3 Å². The molecule has 0 fully saturated rings. The first kappa shape index (κ1) is 11.1. The van der Waals surface area contributed by atoms with E-state index in [9.17, 15) is 10.1 Å². The lowest BCUT2D eigenvalue weighted by atomic mass is 10.3. The highest BCUT2D eigenvalue weighted by Crippen LogP contribution is 2.03. The minimum Gasteiger partial charge on any atom is -0.359 e. The lowest BCUT2D eigenvalue weighted by Crippen LogP contribution is -2.21. The van der Waals surface area contributed by atoms with Gasteiger partial charge in [-0.3, -0.25) is 0 Å². The standard InChI is InChI=1S/C10H10N4O3/c1-8-6-9(17-12-8)7-13-5-3-2-4-10(13)11-14(15)16/h2-6H,7H2,1H3. The number of aryl methyl sites for hydroxylation is 1. The van der Waals surface area contributed by atoms with Crippen LogP contribution in [0.15, 0.2) is 40.1 Å². The molecular formula is C10H10N4O3. The van der Waals surface area contributed by atoms with E-state index in [0.717, 1.165) is 5.69 Å². The first-order chi connectivity index (χ1) is 8.15. The van der Waals surface area contributed by atoms with Crippen LogP contribution in [0.1, 0.15) is 11.5 Å². The second kappa shape index (κ2) is 4.60. The van der Waals surface area contributed by atoms with Crippen molar-refractivity contribution >= 4 is 0 Å². The molecule has 7 heteroatoms. The van der Waals surface area contributed by atoms with E-state index in [4.69, 9.17) is 4.52 Å². The Morgan fingerprint density at radius 1 is 1.59 bits per heavy atom. The predicted octanol–water partition coefficient (Wildman–Crippen LogP) is 0.925. The van der Waals surface area contributed by atoms with E-state index in [1.165, 1.54) is 0 Å². The monoisotopic (exact) mass is 234 g/mol. The predicted molar refractivity (Wildman–Crippen MR) is 57.3 cm³/mol. The zero-order valence-electron chi connectivity index (χ0n) is 9.11. The number of hydrogen-bond donors (Lipinski definition) is 0. The molecule has 2 heterocycles. The van der Waals surface area contributed by atoms with Crippen LogP contribution in [0.2, 0.25) is 0 Å². The number of nitrogens with zero attached hydrogens (tertiary/aromatic N) is 4. The molecule has 2 aromatic heterocycles. The lowest BCUT2D eigenvalue weighted by Gasteiger charge is -2.01. The van der Waals surface area contributed by atoms with E-state index in [1.807, 2.05) is 6.92 Å². The Hall–Kier alpha value is -2.44. The van der Waals surface area contributed by atoms with Crippen LogP contribution < -0.4 is 5.49 Å². The van der Waals surface area contributed by atoms with E-state index >= 15 is 0 Å². The molecule has 0 aliphatic heterocycles. The average molecular weight is 234 g/mol. The van der Waals surface area contributed by atoms with Crippen molar-refractivity contribution in [1.82, 2.24) is 9.72 Å². The van der Waals surface area contributed by atoms with Crippen molar-refractivity contribution in [3.63, 3.8) is 0 Å². The molecule has 0 saturated carbocycles. The van der Waals surface area contributed by atoms with Crippen LogP contribution in [0.3, 0.4) is 0 Å². The highest BCUT2D eigenvalue weighted by molar-refractivity contribution is 5.04. The smallest absolute Gasteiger partial charge is 0.207 e. The minimum atomic E-state index is -0.725. The molecule has 0 unspecified atom stereocenters. The highest BCUT2D eigenvalue weighted by Gasteiger charge is 2.03. The van der Waals surface area contributed by atoms with Crippen molar-refractivity contribution in [2.24, 2.45) is 5.10 Å². The first-order valence-corrected chi connectivity index (χ1v) is 4.92. The fourth-order valence-electron chi connectivity index (χ4n) is 1.43. The van der Waals surface area contributed by atoms with Gasteiger partial charge in [0, 0.05) is 12.3 Å². The number of pyridine rings is 1. The number of aromatic nitrogens is 2. The van der Waals surface area contributed by atoms with Crippen LogP contribution in [-0.4, -0.2) is 14.8 Å². The van der Waals surface area contributed by atoms with E-state index in [0.29, 0.717) is 12.3 Å². The summed E-state index contributed by atoms with van der Waals surface area (Å²) in [6.45, 7) is 2.17. The van der Waals surface area contributed by atoms with Gasteiger partial charge in [-0.05, 0) is 19.1 Å². The summed E-state index contributed by atoms with van der Waals surface area (Å²) in [6.07, 6.45) is 1.69. The molecule has 88 valence electrons. The van der Waals surface area contributed by atoms with Crippen molar-refractivity contribution < 1.29 is 9.56 Å². The molecule has 0 bridgehead atoms. The van der Waals surface area contributed by atoms with Gasteiger partial charge >= 0.3 is 0 Å². The molecule has 2 aromatic rings. The van der Waals surface area contributed by atoms with E-state index in [1.54, 1.807) is 35.0 Å². The zero-order valence-corrected chi connectivity index (χ0v) is 9.11. The fourth-order valence-corrected chi connectivity index (χ4v) is 1.43. The van der Waals surface area contributed by atoms with Gasteiger partial charge in [-0.1, -0.05) is 11.2 Å². The van der Waals surface area contributed by atoms with E-state index in [-0.39, 0.29) is 5.49 Å². The number of hydrogen-bond acceptors (Lipinski definition) is 4. The van der Waals surface area contributed by atoms with Gasteiger partial charge in [-0.15, -0.1) is 0 Å². The molecule has 0 aromatic carbocycles. The topological polar surface area (TPSA) is 86.5 Å². The summed E-state index contributed by atoms with van der Waals surface area (Å²) in [5.74, 6) is 0.624. The largest absolute Gasteiger partial charge is 0.359 e. The molecule has 17 heavy (non-hydrogen) atoms. The van der Waals surface area contributed by atoms with Crippen LogP contribution in [0.4, 0.5) is 0 Å². The molecule has 0 spiro atoms. The molecule has 0 amide bonds. The summed E-state index contributed by atoms with van der Waals surface area (Å²) in [7, 11) is 0.